The van der Waals surface area contributed by atoms with Crippen LogP contribution in [0.4, 0.5) is 0 Å². The Labute approximate surface area is 225 Å². The Bertz CT molecular complexity index is 1190. The molecule has 3 unspecified atom stereocenters. The van der Waals surface area contributed by atoms with Gasteiger partial charge in [0, 0.05) is 29.6 Å². The lowest BCUT2D eigenvalue weighted by atomic mass is 9.88. The first-order valence-corrected chi connectivity index (χ1v) is 12.9. The van der Waals surface area contributed by atoms with Gasteiger partial charge in [-0.25, -0.2) is 0 Å². The van der Waals surface area contributed by atoms with Crippen LogP contribution in [0.3, 0.4) is 0 Å². The normalized spacial score (nSPS) is 18.2. The van der Waals surface area contributed by atoms with Crippen molar-refractivity contribution in [2.45, 2.75) is 60.3 Å². The third-order valence-electron chi connectivity index (χ3n) is 7.32. The van der Waals surface area contributed by atoms with E-state index in [0.29, 0.717) is 19.3 Å². The van der Waals surface area contributed by atoms with Crippen molar-refractivity contribution in [3.63, 3.8) is 0 Å². The maximum absolute atomic E-state index is 12.2. The van der Waals surface area contributed by atoms with Crippen LogP contribution in [0.15, 0.2) is 36.4 Å². The summed E-state index contributed by atoms with van der Waals surface area (Å²) in [7, 11) is 2.40. The Kier molecular flexibility index (Phi) is 10.5. The summed E-state index contributed by atoms with van der Waals surface area (Å²) in [5, 5.41) is 16.0. The van der Waals surface area contributed by atoms with Gasteiger partial charge in [-0.3, -0.25) is 19.2 Å². The number of aliphatic hydroxyl groups excluding tert-OH is 1. The number of hydrogen-bond acceptors (Lipinski definition) is 6. The van der Waals surface area contributed by atoms with E-state index in [2.05, 4.69) is 0 Å². The quantitative estimate of drug-likeness (QED) is 0.524. The van der Waals surface area contributed by atoms with Crippen LogP contribution in [-0.4, -0.2) is 47.9 Å². The molecular weight excluding hydrogens is 484 g/mol. The Morgan fingerprint density at radius 2 is 1.47 bits per heavy atom. The third-order valence-corrected chi connectivity index (χ3v) is 7.32. The van der Waals surface area contributed by atoms with E-state index in [1.165, 1.54) is 7.11 Å². The van der Waals surface area contributed by atoms with E-state index < -0.39 is 11.9 Å². The van der Waals surface area contributed by atoms with Crippen molar-refractivity contribution in [1.29, 1.82) is 0 Å². The van der Waals surface area contributed by atoms with Gasteiger partial charge in [0.25, 0.3) is 0 Å². The number of rotatable bonds is 6. The minimum Gasteiger partial charge on any atom is -0.481 e. The number of Topliss-reactive ketones (excluding diaryl/α,β-unsaturated/α-hetero) is 2. The monoisotopic (exact) mass is 524 g/mol. The first kappa shape index (κ1) is 30.9. The molecule has 2 aliphatic carbocycles. The first-order valence-electron chi connectivity index (χ1n) is 12.9. The van der Waals surface area contributed by atoms with Gasteiger partial charge in [-0.2, -0.15) is 0 Å². The van der Waals surface area contributed by atoms with Crippen LogP contribution in [0.5, 0.6) is 0 Å². The predicted octanol–water partition coefficient (Wildman–Crippen LogP) is 4.74. The molecule has 2 aromatic carbocycles. The molecule has 0 aliphatic heterocycles. The molecule has 2 aromatic rings. The van der Waals surface area contributed by atoms with Crippen LogP contribution in [0.2, 0.25) is 0 Å². The van der Waals surface area contributed by atoms with Crippen LogP contribution in [0.25, 0.3) is 0 Å². The lowest BCUT2D eigenvalue weighted by Gasteiger charge is -2.14. The van der Waals surface area contributed by atoms with Gasteiger partial charge in [-0.1, -0.05) is 71.0 Å². The highest BCUT2D eigenvalue weighted by Gasteiger charge is 2.38. The highest BCUT2D eigenvalue weighted by Crippen LogP contribution is 2.38. The Hall–Kier alpha value is -3.32. The summed E-state index contributed by atoms with van der Waals surface area (Å²) in [6, 6.07) is 11.4. The van der Waals surface area contributed by atoms with Gasteiger partial charge >= 0.3 is 11.9 Å². The van der Waals surface area contributed by atoms with Crippen molar-refractivity contribution in [3.8, 4) is 0 Å². The second-order valence-corrected chi connectivity index (χ2v) is 10.8. The average Bonchev–Trinajstić information content (AvgIpc) is 3.32. The molecule has 2 N–H and O–H groups in total. The molecular formula is C31H40O7. The number of aliphatic hydroxyl groups is 1. The Morgan fingerprint density at radius 1 is 0.947 bits per heavy atom. The number of ketones is 2. The summed E-state index contributed by atoms with van der Waals surface area (Å²) >= 11 is 0. The van der Waals surface area contributed by atoms with E-state index >= 15 is 0 Å². The average molecular weight is 525 g/mol. The van der Waals surface area contributed by atoms with E-state index in [9.17, 15) is 19.2 Å². The maximum atomic E-state index is 12.2. The number of carboxylic acid groups (broad SMARTS) is 1. The minimum atomic E-state index is -0.795. The molecule has 3 atom stereocenters. The number of ether oxygens (including phenoxy) is 1. The molecule has 0 bridgehead atoms. The number of hydrogen-bond donors (Lipinski definition) is 2. The van der Waals surface area contributed by atoms with Crippen LogP contribution in [0.1, 0.15) is 77.6 Å². The van der Waals surface area contributed by atoms with E-state index in [0.717, 1.165) is 46.9 Å². The van der Waals surface area contributed by atoms with Crippen molar-refractivity contribution < 1.29 is 34.1 Å². The second kappa shape index (κ2) is 13.0. The number of carbonyl (C=O) groups excluding carboxylic acids is 3. The smallest absolute Gasteiger partial charge is 0.308 e. The van der Waals surface area contributed by atoms with Gasteiger partial charge in [-0.05, 0) is 47.9 Å². The van der Waals surface area contributed by atoms with Gasteiger partial charge < -0.3 is 14.9 Å². The Balaban J connectivity index is 0.000000251. The lowest BCUT2D eigenvalue weighted by Crippen LogP contribution is -2.18. The molecule has 7 heteroatoms. The molecule has 38 heavy (non-hydrogen) atoms. The zero-order chi connectivity index (χ0) is 28.8. The zero-order valence-corrected chi connectivity index (χ0v) is 23.5. The molecule has 0 spiro atoms. The second-order valence-electron chi connectivity index (χ2n) is 10.8. The van der Waals surface area contributed by atoms with Gasteiger partial charge in [0.2, 0.25) is 0 Å². The first-order chi connectivity index (χ1) is 17.9. The SMILES string of the molecule is CC(Cc1cccc2c1CC(C)(C)C2=O)C(=O)O.CO.COC(=O)C(C)Cc1cccc2c1CC(C)C2=O. The summed E-state index contributed by atoms with van der Waals surface area (Å²) in [4.78, 5) is 46.5. The number of methoxy groups -OCH3 is 1. The van der Waals surface area contributed by atoms with E-state index in [1.54, 1.807) is 6.92 Å². The number of fused-ring (bicyclic) bond motifs is 2. The highest BCUT2D eigenvalue weighted by molar-refractivity contribution is 6.05. The molecule has 0 fully saturated rings. The number of aliphatic carboxylic acids is 1. The van der Waals surface area contributed by atoms with Crippen LogP contribution < -0.4 is 0 Å². The summed E-state index contributed by atoms with van der Waals surface area (Å²) in [6.45, 7) is 9.39. The molecule has 206 valence electrons. The molecule has 0 saturated carbocycles. The number of carbonyl (C=O) groups is 4. The largest absolute Gasteiger partial charge is 0.481 e. The van der Waals surface area contributed by atoms with Gasteiger partial charge in [-0.15, -0.1) is 0 Å². The summed E-state index contributed by atoms with van der Waals surface area (Å²) in [6.07, 6.45) is 2.62. The van der Waals surface area contributed by atoms with E-state index in [1.807, 2.05) is 64.1 Å². The van der Waals surface area contributed by atoms with Crippen LogP contribution in [0, 0.1) is 23.2 Å². The van der Waals surface area contributed by atoms with E-state index in [-0.39, 0.29) is 34.8 Å². The maximum Gasteiger partial charge on any atom is 0.308 e. The Morgan fingerprint density at radius 3 is 2.03 bits per heavy atom. The highest BCUT2D eigenvalue weighted by atomic mass is 16.5. The molecule has 0 aromatic heterocycles. The number of esters is 1. The van der Waals surface area contributed by atoms with Crippen molar-refractivity contribution in [3.05, 3.63) is 69.8 Å². The van der Waals surface area contributed by atoms with Crippen LogP contribution >= 0.6 is 0 Å². The van der Waals surface area contributed by atoms with Gasteiger partial charge in [0.15, 0.2) is 11.6 Å². The molecule has 2 aliphatic rings. The molecule has 7 nitrogen and oxygen atoms in total. The standard InChI is InChI=1S/2C15H18O3.CH4O/c1-9-8-13-11(7-10(2)15(17)18-3)5-4-6-12(13)14(9)16;1-9(14(17)18)7-10-5-4-6-11-12(10)8-15(2,3)13(11)16;1-2/h4-6,9-10H,7-8H2,1-3H3;4-6,9H,7-8H2,1-3H3,(H,17,18);2H,1H3. The summed E-state index contributed by atoms with van der Waals surface area (Å²) in [5.41, 5.74) is 5.51. The van der Waals surface area contributed by atoms with E-state index in [4.69, 9.17) is 14.9 Å². The lowest BCUT2D eigenvalue weighted by molar-refractivity contribution is -0.144. The van der Waals surface area contributed by atoms with Crippen LogP contribution in [-0.2, 0) is 40.0 Å². The fraction of sp³-hybridized carbons (Fsp3) is 0.484. The topological polar surface area (TPSA) is 118 Å². The minimum absolute atomic E-state index is 0.0644. The summed E-state index contributed by atoms with van der Waals surface area (Å²) < 4.78 is 4.74. The number of carboxylic acids is 1. The van der Waals surface area contributed by atoms with Crippen molar-refractivity contribution in [2.24, 2.45) is 23.2 Å². The molecule has 0 radical (unpaired) electrons. The fourth-order valence-corrected chi connectivity index (χ4v) is 5.13. The molecule has 0 amide bonds. The molecule has 0 heterocycles. The van der Waals surface area contributed by atoms with Crippen molar-refractivity contribution in [2.75, 3.05) is 14.2 Å². The molecule has 0 saturated heterocycles. The summed E-state index contributed by atoms with van der Waals surface area (Å²) in [5.74, 6) is -1.14. The third kappa shape index (κ3) is 6.76. The van der Waals surface area contributed by atoms with Gasteiger partial charge in [0.1, 0.15) is 0 Å². The zero-order valence-electron chi connectivity index (χ0n) is 23.5. The predicted molar refractivity (Wildman–Crippen MR) is 145 cm³/mol. The fourth-order valence-electron chi connectivity index (χ4n) is 5.13. The van der Waals surface area contributed by atoms with Crippen molar-refractivity contribution in [1.82, 2.24) is 0 Å². The van der Waals surface area contributed by atoms with Crippen molar-refractivity contribution >= 4 is 23.5 Å². The number of benzene rings is 2. The molecule has 4 rings (SSSR count). The van der Waals surface area contributed by atoms with Gasteiger partial charge in [0.05, 0.1) is 18.9 Å².